The van der Waals surface area contributed by atoms with Gasteiger partial charge in [0.05, 0.1) is 16.5 Å². The summed E-state index contributed by atoms with van der Waals surface area (Å²) in [5, 5.41) is 0.494. The van der Waals surface area contributed by atoms with E-state index in [4.69, 9.17) is 17.3 Å². The van der Waals surface area contributed by atoms with Crippen molar-refractivity contribution in [2.24, 2.45) is 0 Å². The lowest BCUT2D eigenvalue weighted by Crippen LogP contribution is -2.25. The highest BCUT2D eigenvalue weighted by Gasteiger charge is 2.27. The molecule has 1 heterocycles. The SMILES string of the molecule is Nc1cc(CN2CCCS2(=O)=O)ccc1Cl. The van der Waals surface area contributed by atoms with E-state index < -0.39 is 10.0 Å². The number of hydrogen-bond donors (Lipinski definition) is 1. The van der Waals surface area contributed by atoms with E-state index in [1.165, 1.54) is 4.31 Å². The number of nitrogen functional groups attached to an aromatic ring is 1. The second-order valence-electron chi connectivity index (χ2n) is 3.86. The van der Waals surface area contributed by atoms with E-state index in [9.17, 15) is 8.42 Å². The van der Waals surface area contributed by atoms with Crippen LogP contribution in [0.2, 0.25) is 5.02 Å². The molecule has 0 spiro atoms. The predicted octanol–water partition coefficient (Wildman–Crippen LogP) is 1.46. The van der Waals surface area contributed by atoms with Crippen molar-refractivity contribution in [2.75, 3.05) is 18.0 Å². The van der Waals surface area contributed by atoms with Gasteiger partial charge >= 0.3 is 0 Å². The van der Waals surface area contributed by atoms with Crippen LogP contribution < -0.4 is 5.73 Å². The molecule has 0 bridgehead atoms. The van der Waals surface area contributed by atoms with E-state index in [0.29, 0.717) is 30.2 Å². The molecule has 1 fully saturated rings. The second kappa shape index (κ2) is 4.24. The highest BCUT2D eigenvalue weighted by molar-refractivity contribution is 7.89. The lowest BCUT2D eigenvalue weighted by molar-refractivity contribution is 0.440. The quantitative estimate of drug-likeness (QED) is 0.819. The van der Waals surface area contributed by atoms with E-state index in [1.54, 1.807) is 18.2 Å². The van der Waals surface area contributed by atoms with Crippen LogP contribution in [0.25, 0.3) is 0 Å². The number of rotatable bonds is 2. The minimum absolute atomic E-state index is 0.246. The van der Waals surface area contributed by atoms with Crippen LogP contribution in [0, 0.1) is 0 Å². The maximum absolute atomic E-state index is 11.6. The molecule has 0 aromatic heterocycles. The van der Waals surface area contributed by atoms with Crippen LogP contribution in [0.3, 0.4) is 0 Å². The Hall–Kier alpha value is -0.780. The van der Waals surface area contributed by atoms with Gasteiger partial charge in [0.25, 0.3) is 0 Å². The maximum atomic E-state index is 11.6. The van der Waals surface area contributed by atoms with Crippen molar-refractivity contribution < 1.29 is 8.42 Å². The third-order valence-corrected chi connectivity index (χ3v) is 4.87. The van der Waals surface area contributed by atoms with Gasteiger partial charge in [0.1, 0.15) is 0 Å². The lowest BCUT2D eigenvalue weighted by atomic mass is 10.2. The summed E-state index contributed by atoms with van der Waals surface area (Å²) in [6.45, 7) is 0.967. The van der Waals surface area contributed by atoms with Crippen LogP contribution in [0.5, 0.6) is 0 Å². The molecule has 0 saturated carbocycles. The largest absolute Gasteiger partial charge is 0.398 e. The number of nitrogens with two attached hydrogens (primary N) is 1. The zero-order valence-corrected chi connectivity index (χ0v) is 10.3. The Morgan fingerprint density at radius 3 is 2.75 bits per heavy atom. The van der Waals surface area contributed by atoms with Gasteiger partial charge in [-0.05, 0) is 24.1 Å². The summed E-state index contributed by atoms with van der Waals surface area (Å²) in [6, 6.07) is 5.21. The molecule has 2 rings (SSSR count). The normalized spacial score (nSPS) is 20.1. The molecule has 6 heteroatoms. The number of halogens is 1. The zero-order valence-electron chi connectivity index (χ0n) is 8.69. The minimum Gasteiger partial charge on any atom is -0.398 e. The van der Waals surface area contributed by atoms with Crippen molar-refractivity contribution in [2.45, 2.75) is 13.0 Å². The van der Waals surface area contributed by atoms with Crippen LogP contribution in [-0.4, -0.2) is 25.0 Å². The van der Waals surface area contributed by atoms with Gasteiger partial charge < -0.3 is 5.73 Å². The van der Waals surface area contributed by atoms with E-state index in [1.807, 2.05) is 0 Å². The summed E-state index contributed by atoms with van der Waals surface area (Å²) in [7, 11) is -3.05. The van der Waals surface area contributed by atoms with Gasteiger partial charge in [-0.3, -0.25) is 0 Å². The first-order chi connectivity index (χ1) is 7.49. The first-order valence-electron chi connectivity index (χ1n) is 5.01. The maximum Gasteiger partial charge on any atom is 0.214 e. The first kappa shape index (κ1) is 11.7. The Labute approximate surface area is 100 Å². The Morgan fingerprint density at radius 1 is 1.44 bits per heavy atom. The monoisotopic (exact) mass is 260 g/mol. The van der Waals surface area contributed by atoms with Crippen molar-refractivity contribution in [3.8, 4) is 0 Å². The zero-order chi connectivity index (χ0) is 11.8. The lowest BCUT2D eigenvalue weighted by Gasteiger charge is -2.14. The van der Waals surface area contributed by atoms with Crippen LogP contribution in [0.15, 0.2) is 18.2 Å². The molecule has 88 valence electrons. The number of anilines is 1. The molecule has 0 atom stereocenters. The summed E-state index contributed by atoms with van der Waals surface area (Å²) >= 11 is 5.80. The highest BCUT2D eigenvalue weighted by Crippen LogP contribution is 2.22. The van der Waals surface area contributed by atoms with Crippen LogP contribution >= 0.6 is 11.6 Å². The predicted molar refractivity (Wildman–Crippen MR) is 64.7 cm³/mol. The molecule has 16 heavy (non-hydrogen) atoms. The van der Waals surface area contributed by atoms with Crippen molar-refractivity contribution in [3.63, 3.8) is 0 Å². The molecule has 1 saturated heterocycles. The van der Waals surface area contributed by atoms with Crippen molar-refractivity contribution in [1.82, 2.24) is 4.31 Å². The smallest absolute Gasteiger partial charge is 0.214 e. The van der Waals surface area contributed by atoms with Gasteiger partial charge in [0.2, 0.25) is 10.0 Å². The van der Waals surface area contributed by atoms with Gasteiger partial charge in [0.15, 0.2) is 0 Å². The van der Waals surface area contributed by atoms with Gasteiger partial charge in [-0.25, -0.2) is 8.42 Å². The van der Waals surface area contributed by atoms with Crippen LogP contribution in [0.4, 0.5) is 5.69 Å². The summed E-state index contributed by atoms with van der Waals surface area (Å²) in [4.78, 5) is 0. The molecule has 0 radical (unpaired) electrons. The fraction of sp³-hybridized carbons (Fsp3) is 0.400. The van der Waals surface area contributed by atoms with E-state index in [0.717, 1.165) is 5.56 Å². The first-order valence-corrected chi connectivity index (χ1v) is 6.99. The van der Waals surface area contributed by atoms with Gasteiger partial charge in [-0.15, -0.1) is 0 Å². The Morgan fingerprint density at radius 2 is 2.19 bits per heavy atom. The molecule has 2 N–H and O–H groups in total. The fourth-order valence-electron chi connectivity index (χ4n) is 1.76. The van der Waals surface area contributed by atoms with Crippen LogP contribution in [0.1, 0.15) is 12.0 Å². The summed E-state index contributed by atoms with van der Waals surface area (Å²) in [5.74, 6) is 0.246. The average Bonchev–Trinajstić information content (AvgIpc) is 2.52. The number of benzene rings is 1. The van der Waals surface area contributed by atoms with E-state index in [2.05, 4.69) is 0 Å². The number of sulfonamides is 1. The Kier molecular flexibility index (Phi) is 3.10. The summed E-state index contributed by atoms with van der Waals surface area (Å²) < 4.78 is 24.7. The molecule has 0 unspecified atom stereocenters. The molecule has 0 amide bonds. The third-order valence-electron chi connectivity index (χ3n) is 2.62. The third kappa shape index (κ3) is 2.31. The second-order valence-corrected chi connectivity index (χ2v) is 6.35. The molecule has 1 aromatic rings. The van der Waals surface area contributed by atoms with Crippen molar-refractivity contribution in [1.29, 1.82) is 0 Å². The summed E-state index contributed by atoms with van der Waals surface area (Å²) in [5.41, 5.74) is 7.01. The van der Waals surface area contributed by atoms with Gasteiger partial charge in [-0.2, -0.15) is 4.31 Å². The number of nitrogens with zero attached hydrogens (tertiary/aromatic N) is 1. The molecule has 0 aliphatic carbocycles. The molecule has 1 aromatic carbocycles. The molecular formula is C10H13ClN2O2S. The highest BCUT2D eigenvalue weighted by atomic mass is 35.5. The Balaban J connectivity index is 2.18. The van der Waals surface area contributed by atoms with Crippen molar-refractivity contribution >= 4 is 27.3 Å². The average molecular weight is 261 g/mol. The molecule has 1 aliphatic rings. The van der Waals surface area contributed by atoms with Crippen LogP contribution in [-0.2, 0) is 16.6 Å². The fourth-order valence-corrected chi connectivity index (χ4v) is 3.39. The topological polar surface area (TPSA) is 63.4 Å². The van der Waals surface area contributed by atoms with E-state index in [-0.39, 0.29) is 5.75 Å². The number of hydrogen-bond acceptors (Lipinski definition) is 3. The van der Waals surface area contributed by atoms with Crippen molar-refractivity contribution in [3.05, 3.63) is 28.8 Å². The standard InChI is InChI=1S/C10H13ClN2O2S/c11-9-3-2-8(6-10(9)12)7-13-4-1-5-16(13,14)15/h2-3,6H,1,4-5,7,12H2. The molecular weight excluding hydrogens is 248 g/mol. The van der Waals surface area contributed by atoms with Gasteiger partial charge in [-0.1, -0.05) is 17.7 Å². The summed E-state index contributed by atoms with van der Waals surface area (Å²) in [6.07, 6.45) is 0.700. The van der Waals surface area contributed by atoms with Gasteiger partial charge in [0, 0.05) is 13.1 Å². The minimum atomic E-state index is -3.05. The van der Waals surface area contributed by atoms with E-state index >= 15 is 0 Å². The Bertz CT molecular complexity index is 502. The molecule has 4 nitrogen and oxygen atoms in total. The molecule has 1 aliphatic heterocycles.